The van der Waals surface area contributed by atoms with Crippen LogP contribution in [0.2, 0.25) is 0 Å². The Labute approximate surface area is 232 Å². The van der Waals surface area contributed by atoms with E-state index in [0.717, 1.165) is 22.5 Å². The molecule has 2 atom stereocenters. The van der Waals surface area contributed by atoms with Crippen molar-refractivity contribution in [3.8, 4) is 0 Å². The molecule has 0 radical (unpaired) electrons. The van der Waals surface area contributed by atoms with Crippen molar-refractivity contribution < 1.29 is 24.3 Å². The van der Waals surface area contributed by atoms with Gasteiger partial charge in [-0.15, -0.1) is 11.3 Å². The van der Waals surface area contributed by atoms with Crippen LogP contribution in [0.5, 0.6) is 0 Å². The maximum atomic E-state index is 12.6. The normalized spacial score (nSPS) is 12.6. The maximum Gasteiger partial charge on any atom is 0.320 e. The lowest BCUT2D eigenvalue weighted by atomic mass is 9.85. The lowest BCUT2D eigenvalue weighted by Crippen LogP contribution is -2.46. The number of carbonyl (C=O) groups is 4. The van der Waals surface area contributed by atoms with Gasteiger partial charge in [-0.25, -0.2) is 4.79 Å². The molecule has 39 heavy (non-hydrogen) atoms. The fourth-order valence-corrected chi connectivity index (χ4v) is 4.52. The number of amides is 4. The Morgan fingerprint density at radius 1 is 0.897 bits per heavy atom. The van der Waals surface area contributed by atoms with Crippen molar-refractivity contribution >= 4 is 40.2 Å². The van der Waals surface area contributed by atoms with E-state index in [4.69, 9.17) is 0 Å². The van der Waals surface area contributed by atoms with Gasteiger partial charge in [-0.3, -0.25) is 19.7 Å². The second kappa shape index (κ2) is 13.1. The molecule has 0 saturated heterocycles. The van der Waals surface area contributed by atoms with Crippen molar-refractivity contribution in [2.45, 2.75) is 51.6 Å². The SMILES string of the molecule is C[C@@H](NC(=O)c1ccc(NC(=O)NCc2ccccc2)s1)C(=O)NCC(C(=O)O)c1ccc(C(C)(C)C)cc1. The minimum absolute atomic E-state index is 0.0622. The fourth-order valence-electron chi connectivity index (χ4n) is 3.71. The van der Waals surface area contributed by atoms with Crippen molar-refractivity contribution in [2.75, 3.05) is 11.9 Å². The third-order valence-electron chi connectivity index (χ3n) is 6.06. The third-order valence-corrected chi connectivity index (χ3v) is 7.06. The van der Waals surface area contributed by atoms with Gasteiger partial charge in [-0.2, -0.15) is 0 Å². The monoisotopic (exact) mass is 550 g/mol. The number of benzene rings is 2. The Morgan fingerprint density at radius 2 is 1.56 bits per heavy atom. The second-order valence-electron chi connectivity index (χ2n) is 10.2. The van der Waals surface area contributed by atoms with E-state index < -0.39 is 35.8 Å². The van der Waals surface area contributed by atoms with Crippen LogP contribution in [-0.4, -0.2) is 41.5 Å². The highest BCUT2D eigenvalue weighted by molar-refractivity contribution is 7.18. The van der Waals surface area contributed by atoms with E-state index in [0.29, 0.717) is 22.0 Å². The molecule has 5 N–H and O–H groups in total. The number of carboxylic acids is 1. The molecule has 3 aromatic rings. The van der Waals surface area contributed by atoms with Crippen molar-refractivity contribution in [1.29, 1.82) is 0 Å². The van der Waals surface area contributed by atoms with Gasteiger partial charge in [0.05, 0.1) is 15.8 Å². The Hall–Kier alpha value is -4.18. The molecule has 1 aromatic heterocycles. The standard InChI is InChI=1S/C29H34N4O5S/c1-18(25(34)30-17-22(27(36)37)20-10-12-21(13-11-20)29(2,3)4)32-26(35)23-14-15-24(39-23)33-28(38)31-16-19-8-6-5-7-9-19/h5-15,18,22H,16-17H2,1-4H3,(H,30,34)(H,32,35)(H,36,37)(H2,31,33,38)/t18-,22?/m1/s1. The average Bonchev–Trinajstić information content (AvgIpc) is 3.36. The number of urea groups is 1. The minimum atomic E-state index is -1.05. The largest absolute Gasteiger partial charge is 0.481 e. The summed E-state index contributed by atoms with van der Waals surface area (Å²) in [6.07, 6.45) is 0. The van der Waals surface area contributed by atoms with Crippen LogP contribution in [-0.2, 0) is 21.5 Å². The summed E-state index contributed by atoms with van der Waals surface area (Å²) in [7, 11) is 0. The van der Waals surface area contributed by atoms with Gasteiger partial charge in [0.15, 0.2) is 0 Å². The van der Waals surface area contributed by atoms with Crippen molar-refractivity contribution in [3.63, 3.8) is 0 Å². The summed E-state index contributed by atoms with van der Waals surface area (Å²) in [6, 6.07) is 18.6. The molecule has 206 valence electrons. The van der Waals surface area contributed by atoms with Gasteiger partial charge in [-0.1, -0.05) is 75.4 Å². The first kappa shape index (κ1) is 29.4. The Morgan fingerprint density at radius 3 is 2.18 bits per heavy atom. The Bertz CT molecular complexity index is 1300. The summed E-state index contributed by atoms with van der Waals surface area (Å²) < 4.78 is 0. The van der Waals surface area contributed by atoms with Gasteiger partial charge in [0, 0.05) is 13.1 Å². The predicted octanol–water partition coefficient (Wildman–Crippen LogP) is 4.47. The summed E-state index contributed by atoms with van der Waals surface area (Å²) >= 11 is 1.07. The first-order valence-corrected chi connectivity index (χ1v) is 13.4. The molecule has 0 aliphatic heterocycles. The van der Waals surface area contributed by atoms with Crippen LogP contribution in [0.1, 0.15) is 60.0 Å². The molecular weight excluding hydrogens is 516 g/mol. The number of carbonyl (C=O) groups excluding carboxylic acids is 3. The van der Waals surface area contributed by atoms with E-state index >= 15 is 0 Å². The van der Waals surface area contributed by atoms with Crippen LogP contribution >= 0.6 is 11.3 Å². The minimum Gasteiger partial charge on any atom is -0.481 e. The highest BCUT2D eigenvalue weighted by atomic mass is 32.1. The van der Waals surface area contributed by atoms with Crippen LogP contribution in [0.3, 0.4) is 0 Å². The number of hydrogen-bond donors (Lipinski definition) is 5. The molecule has 0 bridgehead atoms. The molecule has 0 spiro atoms. The van der Waals surface area contributed by atoms with Gasteiger partial charge in [0.2, 0.25) is 5.91 Å². The highest BCUT2D eigenvalue weighted by Crippen LogP contribution is 2.25. The average molecular weight is 551 g/mol. The zero-order chi connectivity index (χ0) is 28.6. The van der Waals surface area contributed by atoms with Gasteiger partial charge in [0.25, 0.3) is 5.91 Å². The predicted molar refractivity (Wildman–Crippen MR) is 152 cm³/mol. The van der Waals surface area contributed by atoms with E-state index in [9.17, 15) is 24.3 Å². The molecule has 10 heteroatoms. The highest BCUT2D eigenvalue weighted by Gasteiger charge is 2.24. The van der Waals surface area contributed by atoms with Gasteiger partial charge >= 0.3 is 12.0 Å². The zero-order valence-electron chi connectivity index (χ0n) is 22.4. The number of nitrogens with one attached hydrogen (secondary N) is 4. The number of rotatable bonds is 10. The summed E-state index contributed by atoms with van der Waals surface area (Å²) in [6.45, 7) is 7.99. The van der Waals surface area contributed by atoms with E-state index in [1.807, 2.05) is 42.5 Å². The van der Waals surface area contributed by atoms with E-state index in [2.05, 4.69) is 42.0 Å². The molecular formula is C29H34N4O5S. The molecule has 1 heterocycles. The van der Waals surface area contributed by atoms with Crippen LogP contribution in [0, 0.1) is 0 Å². The van der Waals surface area contributed by atoms with Gasteiger partial charge in [0.1, 0.15) is 6.04 Å². The molecule has 0 saturated carbocycles. The Balaban J connectivity index is 1.49. The molecule has 9 nitrogen and oxygen atoms in total. The molecule has 0 fully saturated rings. The number of hydrogen-bond acceptors (Lipinski definition) is 5. The molecule has 2 aromatic carbocycles. The number of thiophene rings is 1. The van der Waals surface area contributed by atoms with Gasteiger partial charge in [-0.05, 0) is 41.2 Å². The zero-order valence-corrected chi connectivity index (χ0v) is 23.2. The lowest BCUT2D eigenvalue weighted by molar-refractivity contribution is -0.138. The fraction of sp³-hybridized carbons (Fsp3) is 0.310. The van der Waals surface area contributed by atoms with E-state index in [1.165, 1.54) is 6.92 Å². The van der Waals surface area contributed by atoms with E-state index in [1.54, 1.807) is 24.3 Å². The first-order chi connectivity index (χ1) is 18.4. The van der Waals surface area contributed by atoms with Crippen molar-refractivity contribution in [2.24, 2.45) is 0 Å². The Kier molecular flexibility index (Phi) is 9.84. The van der Waals surface area contributed by atoms with Crippen LogP contribution in [0.25, 0.3) is 0 Å². The van der Waals surface area contributed by atoms with Crippen molar-refractivity contribution in [1.82, 2.24) is 16.0 Å². The number of carboxylic acid groups (broad SMARTS) is 1. The summed E-state index contributed by atoms with van der Waals surface area (Å²) in [5.41, 5.74) is 2.56. The van der Waals surface area contributed by atoms with E-state index in [-0.39, 0.29) is 12.0 Å². The summed E-state index contributed by atoms with van der Waals surface area (Å²) in [5.74, 6) is -2.96. The first-order valence-electron chi connectivity index (χ1n) is 12.5. The molecule has 1 unspecified atom stereocenters. The summed E-state index contributed by atoms with van der Waals surface area (Å²) in [4.78, 5) is 49.6. The summed E-state index contributed by atoms with van der Waals surface area (Å²) in [5, 5.41) is 20.9. The number of anilines is 1. The topological polar surface area (TPSA) is 137 Å². The smallest absolute Gasteiger partial charge is 0.320 e. The van der Waals surface area contributed by atoms with Crippen LogP contribution in [0.4, 0.5) is 9.80 Å². The quantitative estimate of drug-likeness (QED) is 0.254. The lowest BCUT2D eigenvalue weighted by Gasteiger charge is -2.21. The van der Waals surface area contributed by atoms with Crippen LogP contribution < -0.4 is 21.3 Å². The van der Waals surface area contributed by atoms with Crippen molar-refractivity contribution in [3.05, 3.63) is 88.3 Å². The molecule has 4 amide bonds. The van der Waals surface area contributed by atoms with Gasteiger partial charge < -0.3 is 21.1 Å². The second-order valence-corrected chi connectivity index (χ2v) is 11.2. The third kappa shape index (κ3) is 8.68. The molecule has 0 aliphatic carbocycles. The molecule has 3 rings (SSSR count). The van der Waals surface area contributed by atoms with Crippen LogP contribution in [0.15, 0.2) is 66.7 Å². The molecule has 0 aliphatic rings. The number of aliphatic carboxylic acids is 1. The maximum absolute atomic E-state index is 12.6.